The highest BCUT2D eigenvalue weighted by Crippen LogP contribution is 2.44. The zero-order valence-electron chi connectivity index (χ0n) is 18.7. The van der Waals surface area contributed by atoms with E-state index in [1.54, 1.807) is 0 Å². The minimum atomic E-state index is -0.456. The molecule has 0 spiro atoms. The summed E-state index contributed by atoms with van der Waals surface area (Å²) in [6.45, 7) is 3.73. The monoisotopic (exact) mass is 428 g/mol. The van der Waals surface area contributed by atoms with Crippen LogP contribution in [-0.4, -0.2) is 35.5 Å². The van der Waals surface area contributed by atoms with Crippen LogP contribution in [0.3, 0.4) is 0 Å². The molecule has 2 fully saturated rings. The van der Waals surface area contributed by atoms with Gasteiger partial charge in [-0.2, -0.15) is 0 Å². The van der Waals surface area contributed by atoms with Gasteiger partial charge in [-0.3, -0.25) is 4.79 Å². The largest absolute Gasteiger partial charge is 0.463 e. The molecule has 31 heavy (non-hydrogen) atoms. The highest BCUT2D eigenvalue weighted by Gasteiger charge is 2.49. The first-order valence-corrected chi connectivity index (χ1v) is 11.6. The Morgan fingerprint density at radius 2 is 1.97 bits per heavy atom. The summed E-state index contributed by atoms with van der Waals surface area (Å²) in [5.41, 5.74) is 1.24. The fourth-order valence-corrected chi connectivity index (χ4v) is 4.39. The van der Waals surface area contributed by atoms with Gasteiger partial charge in [0.05, 0.1) is 18.3 Å². The van der Waals surface area contributed by atoms with Crippen molar-refractivity contribution in [2.24, 2.45) is 11.8 Å². The predicted molar refractivity (Wildman–Crippen MR) is 120 cm³/mol. The molecule has 1 heterocycles. The minimum absolute atomic E-state index is 0.0510. The summed E-state index contributed by atoms with van der Waals surface area (Å²) in [6.07, 6.45) is 13.6. The standard InChI is InChI=1S/C26H36O5/c1-19(2)29-26(28)13-9-4-3-8-12-22-23(25-18-24(22)30-31-25)17-16-21(27)15-14-20-10-6-5-7-11-20/h3,5-8,10-11,16-17,19,21-25,27H,4,9,12-15,18H2,1-2H3/b8-3-,17-16+/t21-,22+,23+,24-,25+/m0/s1. The van der Waals surface area contributed by atoms with Crippen LogP contribution in [0.15, 0.2) is 54.6 Å². The number of benzene rings is 1. The van der Waals surface area contributed by atoms with Crippen LogP contribution in [0.2, 0.25) is 0 Å². The maximum atomic E-state index is 11.6. The van der Waals surface area contributed by atoms with E-state index in [2.05, 4.69) is 30.4 Å². The first-order valence-electron chi connectivity index (χ1n) is 11.6. The fraction of sp³-hybridized carbons (Fsp3) is 0.577. The third-order valence-corrected chi connectivity index (χ3v) is 5.99. The van der Waals surface area contributed by atoms with Gasteiger partial charge in [0.2, 0.25) is 0 Å². The van der Waals surface area contributed by atoms with E-state index < -0.39 is 6.10 Å². The van der Waals surface area contributed by atoms with Gasteiger partial charge in [0, 0.05) is 24.7 Å². The molecule has 0 amide bonds. The summed E-state index contributed by atoms with van der Waals surface area (Å²) >= 11 is 0. The molecule has 1 aliphatic carbocycles. The number of hydrogen-bond acceptors (Lipinski definition) is 5. The molecule has 5 nitrogen and oxygen atoms in total. The Labute approximate surface area is 186 Å². The molecule has 0 aromatic heterocycles. The number of aryl methyl sites for hydroxylation is 1. The molecule has 3 rings (SSSR count). The van der Waals surface area contributed by atoms with Gasteiger partial charge in [0.25, 0.3) is 0 Å². The lowest BCUT2D eigenvalue weighted by molar-refractivity contribution is -0.336. The molecule has 2 bridgehead atoms. The van der Waals surface area contributed by atoms with E-state index in [0.717, 1.165) is 32.1 Å². The van der Waals surface area contributed by atoms with Gasteiger partial charge in [-0.05, 0) is 51.5 Å². The Hall–Kier alpha value is -1.95. The number of aliphatic hydroxyl groups excluding tert-OH is 1. The number of fused-ring (bicyclic) bond motifs is 2. The van der Waals surface area contributed by atoms with E-state index in [0.29, 0.717) is 18.8 Å². The quantitative estimate of drug-likeness (QED) is 0.221. The van der Waals surface area contributed by atoms with Gasteiger partial charge >= 0.3 is 5.97 Å². The van der Waals surface area contributed by atoms with Crippen LogP contribution in [0, 0.1) is 11.8 Å². The van der Waals surface area contributed by atoms with Crippen molar-refractivity contribution in [3.8, 4) is 0 Å². The average molecular weight is 429 g/mol. The highest BCUT2D eigenvalue weighted by atomic mass is 17.2. The van der Waals surface area contributed by atoms with Crippen LogP contribution >= 0.6 is 0 Å². The molecule has 5 atom stereocenters. The fourth-order valence-electron chi connectivity index (χ4n) is 4.39. The number of carbonyl (C=O) groups excluding carboxylic acids is 1. The summed E-state index contributed by atoms with van der Waals surface area (Å²) in [5, 5.41) is 10.4. The van der Waals surface area contributed by atoms with Crippen molar-refractivity contribution in [1.82, 2.24) is 0 Å². The maximum Gasteiger partial charge on any atom is 0.306 e. The first kappa shape index (κ1) is 23.7. The van der Waals surface area contributed by atoms with Crippen LogP contribution < -0.4 is 0 Å². The van der Waals surface area contributed by atoms with Crippen molar-refractivity contribution in [3.05, 3.63) is 60.2 Å². The maximum absolute atomic E-state index is 11.6. The van der Waals surface area contributed by atoms with Crippen molar-refractivity contribution < 1.29 is 24.4 Å². The smallest absolute Gasteiger partial charge is 0.306 e. The van der Waals surface area contributed by atoms with E-state index in [1.807, 2.05) is 38.1 Å². The summed E-state index contributed by atoms with van der Waals surface area (Å²) < 4.78 is 5.15. The Morgan fingerprint density at radius 1 is 1.19 bits per heavy atom. The second kappa shape index (κ2) is 12.2. The third kappa shape index (κ3) is 7.60. The van der Waals surface area contributed by atoms with Crippen molar-refractivity contribution in [3.63, 3.8) is 0 Å². The number of aliphatic hydroxyl groups is 1. The summed E-state index contributed by atoms with van der Waals surface area (Å²) in [7, 11) is 0. The normalized spacial score (nSPS) is 26.3. The van der Waals surface area contributed by atoms with E-state index in [-0.39, 0.29) is 30.2 Å². The lowest BCUT2D eigenvalue weighted by atomic mass is 9.89. The van der Waals surface area contributed by atoms with Crippen molar-refractivity contribution in [1.29, 1.82) is 0 Å². The Kier molecular flexibility index (Phi) is 9.31. The van der Waals surface area contributed by atoms with E-state index >= 15 is 0 Å². The van der Waals surface area contributed by atoms with Crippen molar-refractivity contribution >= 4 is 5.97 Å². The van der Waals surface area contributed by atoms with E-state index in [1.165, 1.54) is 5.56 Å². The molecule has 0 radical (unpaired) electrons. The molecular formula is C26H36O5. The zero-order chi connectivity index (χ0) is 22.1. The number of hydrogen-bond donors (Lipinski definition) is 1. The zero-order valence-corrected chi connectivity index (χ0v) is 18.7. The Morgan fingerprint density at radius 3 is 2.74 bits per heavy atom. The summed E-state index contributed by atoms with van der Waals surface area (Å²) in [6, 6.07) is 10.2. The molecule has 1 aromatic carbocycles. The Balaban J connectivity index is 1.41. The van der Waals surface area contributed by atoms with Crippen molar-refractivity contribution in [2.45, 2.75) is 83.2 Å². The highest BCUT2D eigenvalue weighted by molar-refractivity contribution is 5.69. The molecule has 1 saturated heterocycles. The summed E-state index contributed by atoms with van der Waals surface area (Å²) in [4.78, 5) is 22.5. The SMILES string of the molecule is CC(C)OC(=O)CCC/C=C\C[C@@H]1[C@@H](/C=C/[C@@H](O)CCc2ccccc2)[C@H]2C[C@@H]1OO2. The molecule has 1 aromatic rings. The van der Waals surface area contributed by atoms with Gasteiger partial charge in [0.15, 0.2) is 0 Å². The number of ether oxygens (including phenoxy) is 1. The van der Waals surface area contributed by atoms with Gasteiger partial charge in [-0.25, -0.2) is 9.78 Å². The lowest BCUT2D eigenvalue weighted by Crippen LogP contribution is -2.28. The van der Waals surface area contributed by atoms with Gasteiger partial charge in [-0.15, -0.1) is 0 Å². The van der Waals surface area contributed by atoms with Crippen LogP contribution in [-0.2, 0) is 25.7 Å². The number of carbonyl (C=O) groups is 1. The van der Waals surface area contributed by atoms with Crippen LogP contribution in [0.4, 0.5) is 0 Å². The van der Waals surface area contributed by atoms with Crippen molar-refractivity contribution in [2.75, 3.05) is 0 Å². The molecule has 0 unspecified atom stereocenters. The Bertz CT molecular complexity index is 727. The van der Waals surface area contributed by atoms with Crippen LogP contribution in [0.25, 0.3) is 0 Å². The minimum Gasteiger partial charge on any atom is -0.463 e. The number of allylic oxidation sites excluding steroid dienone is 2. The second-order valence-electron chi connectivity index (χ2n) is 8.86. The lowest BCUT2D eigenvalue weighted by Gasteiger charge is -2.27. The van der Waals surface area contributed by atoms with Gasteiger partial charge < -0.3 is 9.84 Å². The van der Waals surface area contributed by atoms with E-state index in [9.17, 15) is 9.90 Å². The number of esters is 1. The van der Waals surface area contributed by atoms with Gasteiger partial charge in [-0.1, -0.05) is 54.6 Å². The first-order chi connectivity index (χ1) is 15.0. The number of unbranched alkanes of at least 4 members (excludes halogenated alkanes) is 1. The third-order valence-electron chi connectivity index (χ3n) is 5.99. The molecule has 1 saturated carbocycles. The molecule has 1 aliphatic heterocycles. The molecule has 2 aliphatic rings. The van der Waals surface area contributed by atoms with Crippen LogP contribution in [0.1, 0.15) is 57.9 Å². The topological polar surface area (TPSA) is 65.0 Å². The van der Waals surface area contributed by atoms with Gasteiger partial charge in [0.1, 0.15) is 6.10 Å². The molecule has 1 N–H and O–H groups in total. The molecular weight excluding hydrogens is 392 g/mol. The predicted octanol–water partition coefficient (Wildman–Crippen LogP) is 4.94. The summed E-state index contributed by atoms with van der Waals surface area (Å²) in [5.74, 6) is 0.493. The molecule has 5 heteroatoms. The molecule has 170 valence electrons. The second-order valence-corrected chi connectivity index (χ2v) is 8.86. The van der Waals surface area contributed by atoms with Crippen LogP contribution in [0.5, 0.6) is 0 Å². The van der Waals surface area contributed by atoms with E-state index in [4.69, 9.17) is 14.5 Å². The number of rotatable bonds is 12. The average Bonchev–Trinajstić information content (AvgIpc) is 3.35.